The summed E-state index contributed by atoms with van der Waals surface area (Å²) in [6, 6.07) is 16.1. The summed E-state index contributed by atoms with van der Waals surface area (Å²) in [6.45, 7) is 1.33. The van der Waals surface area contributed by atoms with E-state index < -0.39 is 0 Å². The molecular weight excluding hydrogens is 439 g/mol. The van der Waals surface area contributed by atoms with E-state index in [9.17, 15) is 0 Å². The number of hydrogen-bond acceptors (Lipinski definition) is 3. The van der Waals surface area contributed by atoms with Gasteiger partial charge in [0.15, 0.2) is 0 Å². The monoisotopic (exact) mass is 466 g/mol. The van der Waals surface area contributed by atoms with E-state index in [1.165, 1.54) is 38.5 Å². The molecule has 1 heterocycles. The maximum absolute atomic E-state index is 6.22. The highest BCUT2D eigenvalue weighted by atomic mass is 35.5. The Kier molecular flexibility index (Phi) is 5.28. The first-order valence-corrected chi connectivity index (χ1v) is 12.5. The van der Waals surface area contributed by atoms with Gasteiger partial charge in [0.2, 0.25) is 0 Å². The van der Waals surface area contributed by atoms with Crippen LogP contribution in [0.4, 0.5) is 0 Å². The third-order valence-electron chi connectivity index (χ3n) is 7.75. The molecule has 4 aliphatic carbocycles. The molecule has 3 aromatic rings. The number of halogens is 2. The second-order valence-corrected chi connectivity index (χ2v) is 11.0. The molecule has 4 nitrogen and oxygen atoms in total. The van der Waals surface area contributed by atoms with E-state index in [1.54, 1.807) is 4.80 Å². The standard InChI is InChI=1S/C26H28Cl2N4/c27-22-7-6-17(11-23(22)28)16-32-30-24(25(31-32)21-4-2-1-3-5-21)15-29-26-12-18-8-19(13-26)10-20(9-18)14-26/h1-7,11,18-20,29H,8-10,12-16H2. The molecule has 4 saturated carbocycles. The molecule has 4 aliphatic rings. The van der Waals surface area contributed by atoms with Gasteiger partial charge in [0.05, 0.1) is 16.6 Å². The van der Waals surface area contributed by atoms with Crippen molar-refractivity contribution in [2.75, 3.05) is 0 Å². The minimum Gasteiger partial charge on any atom is -0.305 e. The summed E-state index contributed by atoms with van der Waals surface area (Å²) >= 11 is 12.3. The highest BCUT2D eigenvalue weighted by molar-refractivity contribution is 6.42. The predicted octanol–water partition coefficient (Wildman–Crippen LogP) is 6.36. The summed E-state index contributed by atoms with van der Waals surface area (Å²) in [5.74, 6) is 2.77. The third kappa shape index (κ3) is 3.98. The van der Waals surface area contributed by atoms with E-state index in [-0.39, 0.29) is 0 Å². The maximum Gasteiger partial charge on any atom is 0.117 e. The van der Waals surface area contributed by atoms with Crippen molar-refractivity contribution in [1.82, 2.24) is 20.3 Å². The van der Waals surface area contributed by atoms with Gasteiger partial charge in [-0.2, -0.15) is 15.0 Å². The van der Waals surface area contributed by atoms with Crippen molar-refractivity contribution in [3.05, 3.63) is 69.8 Å². The van der Waals surface area contributed by atoms with E-state index in [0.29, 0.717) is 22.1 Å². The van der Waals surface area contributed by atoms with Crippen molar-refractivity contribution in [2.45, 2.75) is 57.2 Å². The lowest BCUT2D eigenvalue weighted by atomic mass is 9.53. The normalized spacial score (nSPS) is 28.4. The van der Waals surface area contributed by atoms with Crippen molar-refractivity contribution < 1.29 is 0 Å². The van der Waals surface area contributed by atoms with Gasteiger partial charge in [-0.25, -0.2) is 0 Å². The molecule has 4 fully saturated rings. The highest BCUT2D eigenvalue weighted by Gasteiger charge is 2.50. The minimum atomic E-state index is 0.302. The van der Waals surface area contributed by atoms with Crippen LogP contribution >= 0.6 is 23.2 Å². The first-order valence-electron chi connectivity index (χ1n) is 11.7. The van der Waals surface area contributed by atoms with Gasteiger partial charge in [-0.1, -0.05) is 59.6 Å². The molecule has 1 aromatic heterocycles. The molecule has 2 aromatic carbocycles. The lowest BCUT2D eigenvalue weighted by Gasteiger charge is -2.57. The van der Waals surface area contributed by atoms with E-state index in [4.69, 9.17) is 33.4 Å². The summed E-state index contributed by atoms with van der Waals surface area (Å²) < 4.78 is 0. The molecule has 0 radical (unpaired) electrons. The van der Waals surface area contributed by atoms with Crippen molar-refractivity contribution in [3.8, 4) is 11.3 Å². The molecule has 4 bridgehead atoms. The summed E-state index contributed by atoms with van der Waals surface area (Å²) in [6.07, 6.45) is 8.35. The maximum atomic E-state index is 6.22. The average molecular weight is 467 g/mol. The van der Waals surface area contributed by atoms with Gasteiger partial charge in [-0.05, 0) is 74.0 Å². The lowest BCUT2D eigenvalue weighted by Crippen LogP contribution is -2.58. The molecule has 6 heteroatoms. The van der Waals surface area contributed by atoms with Crippen molar-refractivity contribution in [1.29, 1.82) is 0 Å². The van der Waals surface area contributed by atoms with Gasteiger partial charge in [-0.15, -0.1) is 0 Å². The molecule has 1 N–H and O–H groups in total. The Labute approximate surface area is 199 Å². The van der Waals surface area contributed by atoms with Gasteiger partial charge in [-0.3, -0.25) is 0 Å². The van der Waals surface area contributed by atoms with E-state index in [1.807, 2.05) is 24.3 Å². The molecular formula is C26H28Cl2N4. The van der Waals surface area contributed by atoms with Crippen LogP contribution in [-0.2, 0) is 13.1 Å². The molecule has 0 atom stereocenters. The Balaban J connectivity index is 1.27. The topological polar surface area (TPSA) is 42.7 Å². The van der Waals surface area contributed by atoms with Gasteiger partial charge in [0.25, 0.3) is 0 Å². The molecule has 0 spiro atoms. The zero-order valence-corrected chi connectivity index (χ0v) is 19.6. The lowest BCUT2D eigenvalue weighted by molar-refractivity contribution is -0.0207. The number of rotatable bonds is 6. The van der Waals surface area contributed by atoms with Crippen LogP contribution in [0.15, 0.2) is 48.5 Å². The first kappa shape index (κ1) is 20.7. The molecule has 0 amide bonds. The van der Waals surface area contributed by atoms with Crippen LogP contribution in [0.3, 0.4) is 0 Å². The number of benzene rings is 2. The fraction of sp³-hybridized carbons (Fsp3) is 0.462. The van der Waals surface area contributed by atoms with Crippen LogP contribution in [0.5, 0.6) is 0 Å². The fourth-order valence-corrected chi connectivity index (χ4v) is 7.11. The predicted molar refractivity (Wildman–Crippen MR) is 129 cm³/mol. The number of nitrogens with zero attached hydrogens (tertiary/aromatic N) is 3. The molecule has 166 valence electrons. The Morgan fingerprint density at radius 3 is 2.22 bits per heavy atom. The molecule has 0 unspecified atom stereocenters. The van der Waals surface area contributed by atoms with Crippen LogP contribution in [0.2, 0.25) is 10.0 Å². The van der Waals surface area contributed by atoms with Crippen LogP contribution in [0, 0.1) is 17.8 Å². The van der Waals surface area contributed by atoms with Gasteiger partial charge in [0, 0.05) is 17.6 Å². The minimum absolute atomic E-state index is 0.302. The largest absolute Gasteiger partial charge is 0.305 e. The quantitative estimate of drug-likeness (QED) is 0.459. The smallest absolute Gasteiger partial charge is 0.117 e. The Morgan fingerprint density at radius 2 is 1.56 bits per heavy atom. The number of hydrogen-bond donors (Lipinski definition) is 1. The van der Waals surface area contributed by atoms with Crippen LogP contribution < -0.4 is 5.32 Å². The summed E-state index contributed by atoms with van der Waals surface area (Å²) in [7, 11) is 0. The summed E-state index contributed by atoms with van der Waals surface area (Å²) in [5, 5.41) is 14.9. The van der Waals surface area contributed by atoms with Crippen LogP contribution in [0.25, 0.3) is 11.3 Å². The van der Waals surface area contributed by atoms with Crippen LogP contribution in [0.1, 0.15) is 49.8 Å². The van der Waals surface area contributed by atoms with E-state index in [2.05, 4.69) is 29.6 Å². The zero-order valence-electron chi connectivity index (χ0n) is 18.1. The SMILES string of the molecule is Clc1ccc(Cn2nc(CNC34CC5CC(CC(C5)C3)C4)c(-c3ccccc3)n2)cc1Cl. The van der Waals surface area contributed by atoms with Crippen molar-refractivity contribution in [3.63, 3.8) is 0 Å². The highest BCUT2D eigenvalue weighted by Crippen LogP contribution is 2.55. The Morgan fingerprint density at radius 1 is 0.875 bits per heavy atom. The van der Waals surface area contributed by atoms with Gasteiger partial charge in [0.1, 0.15) is 11.4 Å². The molecule has 0 saturated heterocycles. The average Bonchev–Trinajstić information content (AvgIpc) is 3.17. The van der Waals surface area contributed by atoms with Gasteiger partial charge >= 0.3 is 0 Å². The number of aromatic nitrogens is 3. The second-order valence-electron chi connectivity index (χ2n) is 10.2. The van der Waals surface area contributed by atoms with Gasteiger partial charge < -0.3 is 5.32 Å². The summed E-state index contributed by atoms with van der Waals surface area (Å²) in [4.78, 5) is 1.79. The number of nitrogens with one attached hydrogen (secondary N) is 1. The van der Waals surface area contributed by atoms with E-state index in [0.717, 1.165) is 46.8 Å². The second kappa shape index (κ2) is 8.16. The van der Waals surface area contributed by atoms with Crippen molar-refractivity contribution in [2.24, 2.45) is 17.8 Å². The zero-order chi connectivity index (χ0) is 21.7. The Bertz CT molecular complexity index is 1090. The molecule has 7 rings (SSSR count). The van der Waals surface area contributed by atoms with Crippen molar-refractivity contribution >= 4 is 23.2 Å². The molecule has 0 aliphatic heterocycles. The first-order chi connectivity index (χ1) is 15.6. The fourth-order valence-electron chi connectivity index (χ4n) is 6.79. The Hall–Kier alpha value is -1.88. The third-order valence-corrected chi connectivity index (χ3v) is 8.49. The van der Waals surface area contributed by atoms with Crippen LogP contribution in [-0.4, -0.2) is 20.5 Å². The molecule has 32 heavy (non-hydrogen) atoms. The summed E-state index contributed by atoms with van der Waals surface area (Å²) in [5.41, 5.74) is 4.43. The van der Waals surface area contributed by atoms with E-state index >= 15 is 0 Å².